The van der Waals surface area contributed by atoms with Gasteiger partial charge in [0.25, 0.3) is 5.91 Å². The number of halogens is 1. The maximum Gasteiger partial charge on any atom is 0.257 e. The highest BCUT2D eigenvalue weighted by molar-refractivity contribution is 6.30. The van der Waals surface area contributed by atoms with Crippen molar-refractivity contribution in [1.29, 1.82) is 0 Å². The Kier molecular flexibility index (Phi) is 5.91. The second-order valence-electron chi connectivity index (χ2n) is 6.26. The molecule has 6 nitrogen and oxygen atoms in total. The van der Waals surface area contributed by atoms with Gasteiger partial charge in [-0.2, -0.15) is 0 Å². The Labute approximate surface area is 168 Å². The average molecular weight is 395 g/mol. The molecule has 0 aliphatic rings. The molecule has 0 bridgehead atoms. The molecular weight excluding hydrogens is 376 g/mol. The van der Waals surface area contributed by atoms with Crippen molar-refractivity contribution in [2.45, 2.75) is 13.8 Å². The molecule has 142 valence electrons. The maximum atomic E-state index is 12.6. The number of rotatable bonds is 5. The number of hydrogen-bond donors (Lipinski definition) is 3. The SMILES string of the molecule is CC(=O)Nc1cccc(Nc2cncc(C(=O)Nc3ccc(Cl)cc3C)c2)c1. The van der Waals surface area contributed by atoms with Crippen LogP contribution < -0.4 is 16.0 Å². The molecule has 2 amide bonds. The summed E-state index contributed by atoms with van der Waals surface area (Å²) in [5.41, 5.74) is 4.07. The topological polar surface area (TPSA) is 83.1 Å². The van der Waals surface area contributed by atoms with Crippen molar-refractivity contribution in [3.05, 3.63) is 77.1 Å². The first-order chi connectivity index (χ1) is 13.4. The van der Waals surface area contributed by atoms with Gasteiger partial charge in [-0.15, -0.1) is 0 Å². The number of nitrogens with one attached hydrogen (secondary N) is 3. The number of anilines is 4. The lowest BCUT2D eigenvalue weighted by atomic mass is 10.2. The third-order valence-electron chi connectivity index (χ3n) is 3.91. The Balaban J connectivity index is 1.75. The molecule has 0 radical (unpaired) electrons. The summed E-state index contributed by atoms with van der Waals surface area (Å²) in [5, 5.41) is 9.39. The molecule has 0 atom stereocenters. The van der Waals surface area contributed by atoms with Crippen LogP contribution >= 0.6 is 11.6 Å². The van der Waals surface area contributed by atoms with Crippen molar-refractivity contribution in [2.75, 3.05) is 16.0 Å². The lowest BCUT2D eigenvalue weighted by molar-refractivity contribution is -0.114. The molecule has 7 heteroatoms. The first-order valence-electron chi connectivity index (χ1n) is 8.58. The fourth-order valence-electron chi connectivity index (χ4n) is 2.64. The summed E-state index contributed by atoms with van der Waals surface area (Å²) in [6.45, 7) is 3.33. The van der Waals surface area contributed by atoms with Crippen molar-refractivity contribution < 1.29 is 9.59 Å². The lowest BCUT2D eigenvalue weighted by Gasteiger charge is -2.11. The van der Waals surface area contributed by atoms with Crippen LogP contribution in [0.5, 0.6) is 0 Å². The fourth-order valence-corrected chi connectivity index (χ4v) is 2.87. The summed E-state index contributed by atoms with van der Waals surface area (Å²) in [6.07, 6.45) is 3.12. The van der Waals surface area contributed by atoms with E-state index >= 15 is 0 Å². The van der Waals surface area contributed by atoms with Gasteiger partial charge in [-0.1, -0.05) is 17.7 Å². The van der Waals surface area contributed by atoms with Crippen LogP contribution in [0.1, 0.15) is 22.8 Å². The largest absolute Gasteiger partial charge is 0.354 e. The molecule has 0 saturated carbocycles. The van der Waals surface area contributed by atoms with E-state index in [4.69, 9.17) is 11.6 Å². The highest BCUT2D eigenvalue weighted by Crippen LogP contribution is 2.22. The van der Waals surface area contributed by atoms with Gasteiger partial charge in [0.2, 0.25) is 5.91 Å². The number of hydrogen-bond acceptors (Lipinski definition) is 4. The zero-order chi connectivity index (χ0) is 20.1. The van der Waals surface area contributed by atoms with Crippen molar-refractivity contribution in [2.24, 2.45) is 0 Å². The van der Waals surface area contributed by atoms with Gasteiger partial charge in [0.1, 0.15) is 0 Å². The van der Waals surface area contributed by atoms with E-state index < -0.39 is 0 Å². The zero-order valence-electron chi connectivity index (χ0n) is 15.4. The Hall–Kier alpha value is -3.38. The van der Waals surface area contributed by atoms with E-state index in [-0.39, 0.29) is 11.8 Å². The first kappa shape index (κ1) is 19.4. The quantitative estimate of drug-likeness (QED) is 0.568. The number of aryl methyl sites for hydroxylation is 1. The van der Waals surface area contributed by atoms with Crippen LogP contribution in [0.15, 0.2) is 60.9 Å². The van der Waals surface area contributed by atoms with E-state index in [2.05, 4.69) is 20.9 Å². The number of pyridine rings is 1. The van der Waals surface area contributed by atoms with Crippen LogP contribution in [0, 0.1) is 6.92 Å². The molecule has 1 heterocycles. The summed E-state index contributed by atoms with van der Waals surface area (Å²) >= 11 is 5.95. The van der Waals surface area contributed by atoms with E-state index in [1.807, 2.05) is 19.1 Å². The van der Waals surface area contributed by atoms with Crippen molar-refractivity contribution >= 4 is 46.2 Å². The number of amides is 2. The molecule has 0 fully saturated rings. The predicted molar refractivity (Wildman–Crippen MR) is 112 cm³/mol. The normalized spacial score (nSPS) is 10.2. The second kappa shape index (κ2) is 8.54. The first-order valence-corrected chi connectivity index (χ1v) is 8.96. The molecule has 0 spiro atoms. The molecule has 0 aliphatic carbocycles. The Morgan fingerprint density at radius 3 is 2.46 bits per heavy atom. The second-order valence-corrected chi connectivity index (χ2v) is 6.70. The van der Waals surface area contributed by atoms with Crippen LogP contribution in [-0.4, -0.2) is 16.8 Å². The Bertz CT molecular complexity index is 1040. The minimum absolute atomic E-state index is 0.144. The summed E-state index contributed by atoms with van der Waals surface area (Å²) in [7, 11) is 0. The maximum absolute atomic E-state index is 12.6. The van der Waals surface area contributed by atoms with Gasteiger partial charge in [-0.05, 0) is 55.0 Å². The molecule has 2 aromatic carbocycles. The van der Waals surface area contributed by atoms with Gasteiger partial charge in [0, 0.05) is 35.2 Å². The van der Waals surface area contributed by atoms with Crippen molar-refractivity contribution in [3.63, 3.8) is 0 Å². The van der Waals surface area contributed by atoms with Gasteiger partial charge in [0.05, 0.1) is 17.4 Å². The molecule has 3 N–H and O–H groups in total. The van der Waals surface area contributed by atoms with Crippen LogP contribution in [0.3, 0.4) is 0 Å². The van der Waals surface area contributed by atoms with Gasteiger partial charge in [-0.25, -0.2) is 0 Å². The van der Waals surface area contributed by atoms with E-state index in [0.29, 0.717) is 27.6 Å². The van der Waals surface area contributed by atoms with Gasteiger partial charge in [0.15, 0.2) is 0 Å². The van der Waals surface area contributed by atoms with Gasteiger partial charge in [-0.3, -0.25) is 14.6 Å². The molecule has 0 saturated heterocycles. The minimum atomic E-state index is -0.270. The number of carbonyl (C=O) groups is 2. The smallest absolute Gasteiger partial charge is 0.257 e. The number of aromatic nitrogens is 1. The third-order valence-corrected chi connectivity index (χ3v) is 4.14. The lowest BCUT2D eigenvalue weighted by Crippen LogP contribution is -2.13. The highest BCUT2D eigenvalue weighted by atomic mass is 35.5. The monoisotopic (exact) mass is 394 g/mol. The summed E-state index contributed by atoms with van der Waals surface area (Å²) in [6, 6.07) is 14.2. The third kappa shape index (κ3) is 5.08. The van der Waals surface area contributed by atoms with E-state index in [1.54, 1.807) is 42.6 Å². The van der Waals surface area contributed by atoms with E-state index in [0.717, 1.165) is 11.3 Å². The highest BCUT2D eigenvalue weighted by Gasteiger charge is 2.10. The Morgan fingerprint density at radius 1 is 0.929 bits per heavy atom. The zero-order valence-corrected chi connectivity index (χ0v) is 16.2. The molecule has 0 unspecified atom stereocenters. The Morgan fingerprint density at radius 2 is 1.71 bits per heavy atom. The summed E-state index contributed by atoms with van der Waals surface area (Å²) in [4.78, 5) is 27.9. The van der Waals surface area contributed by atoms with Crippen molar-refractivity contribution in [3.8, 4) is 0 Å². The molecule has 1 aromatic heterocycles. The van der Waals surface area contributed by atoms with Crippen LogP contribution in [-0.2, 0) is 4.79 Å². The molecule has 0 aliphatic heterocycles. The summed E-state index contributed by atoms with van der Waals surface area (Å²) < 4.78 is 0. The number of benzene rings is 2. The van der Waals surface area contributed by atoms with Crippen molar-refractivity contribution in [1.82, 2.24) is 4.98 Å². The van der Waals surface area contributed by atoms with E-state index in [9.17, 15) is 9.59 Å². The standard InChI is InChI=1S/C21H19ClN4O2/c1-13-8-16(22)6-7-20(13)26-21(28)15-9-19(12-23-11-15)25-18-5-3-4-17(10-18)24-14(2)27/h3-12,25H,1-2H3,(H,24,27)(H,26,28). The van der Waals surface area contributed by atoms with Crippen LogP contribution in [0.4, 0.5) is 22.7 Å². The van der Waals surface area contributed by atoms with E-state index in [1.165, 1.54) is 13.1 Å². The van der Waals surface area contributed by atoms with Gasteiger partial charge >= 0.3 is 0 Å². The summed E-state index contributed by atoms with van der Waals surface area (Å²) in [5.74, 6) is -0.413. The van der Waals surface area contributed by atoms with Crippen LogP contribution in [0.25, 0.3) is 0 Å². The van der Waals surface area contributed by atoms with Crippen LogP contribution in [0.2, 0.25) is 5.02 Å². The minimum Gasteiger partial charge on any atom is -0.354 e. The average Bonchev–Trinajstić information content (AvgIpc) is 2.64. The molecule has 3 aromatic rings. The fraction of sp³-hybridized carbons (Fsp3) is 0.0952. The van der Waals surface area contributed by atoms with Gasteiger partial charge < -0.3 is 16.0 Å². The number of nitrogens with zero attached hydrogens (tertiary/aromatic N) is 1. The molecular formula is C21H19ClN4O2. The molecule has 3 rings (SSSR count). The number of carbonyl (C=O) groups excluding carboxylic acids is 2. The molecule has 28 heavy (non-hydrogen) atoms. The predicted octanol–water partition coefficient (Wildman–Crippen LogP) is 5.00.